The Kier molecular flexibility index (Phi) is 4.66. The molecule has 0 aliphatic carbocycles. The summed E-state index contributed by atoms with van der Waals surface area (Å²) in [5.41, 5.74) is 6.74. The molecule has 0 aliphatic heterocycles. The number of benzene rings is 1. The molecule has 0 bridgehead atoms. The number of thioether (sulfide) groups is 1. The van der Waals surface area contributed by atoms with Crippen LogP contribution in [0.3, 0.4) is 0 Å². The Morgan fingerprint density at radius 2 is 2.28 bits per heavy atom. The molecule has 6 heteroatoms. The number of nitrogens with zero attached hydrogens (tertiary/aromatic N) is 3. The maximum absolute atomic E-state index is 5.94. The Balaban J connectivity index is 2.06. The number of hydrogen-bond acceptors (Lipinski definition) is 4. The zero-order valence-electron chi connectivity index (χ0n) is 10.1. The number of aromatic nitrogens is 3. The van der Waals surface area contributed by atoms with Crippen molar-refractivity contribution in [2.45, 2.75) is 30.5 Å². The van der Waals surface area contributed by atoms with Crippen molar-refractivity contribution in [2.24, 2.45) is 0 Å². The number of nitrogen functional groups attached to an aromatic ring is 1. The van der Waals surface area contributed by atoms with Crippen LogP contribution < -0.4 is 5.73 Å². The third-order valence-electron chi connectivity index (χ3n) is 2.46. The van der Waals surface area contributed by atoms with E-state index in [0.29, 0.717) is 0 Å². The van der Waals surface area contributed by atoms with Crippen molar-refractivity contribution in [1.29, 1.82) is 0 Å². The summed E-state index contributed by atoms with van der Waals surface area (Å²) >= 11 is 5.13. The zero-order chi connectivity index (χ0) is 13.0. The highest BCUT2D eigenvalue weighted by atomic mass is 79.9. The van der Waals surface area contributed by atoms with Crippen molar-refractivity contribution >= 4 is 33.4 Å². The van der Waals surface area contributed by atoms with Crippen LogP contribution in [0.1, 0.15) is 19.2 Å². The minimum absolute atomic E-state index is 0.778. The van der Waals surface area contributed by atoms with Gasteiger partial charge in [0.1, 0.15) is 12.2 Å². The Labute approximate surface area is 119 Å². The average molecular weight is 327 g/mol. The first-order valence-electron chi connectivity index (χ1n) is 5.75. The van der Waals surface area contributed by atoms with E-state index in [1.54, 1.807) is 18.1 Å². The van der Waals surface area contributed by atoms with Crippen LogP contribution in [0, 0.1) is 0 Å². The molecule has 2 rings (SSSR count). The molecular formula is C12H15BrN4S. The van der Waals surface area contributed by atoms with Gasteiger partial charge < -0.3 is 5.73 Å². The van der Waals surface area contributed by atoms with Crippen molar-refractivity contribution in [2.75, 3.05) is 5.73 Å². The van der Waals surface area contributed by atoms with Gasteiger partial charge in [-0.3, -0.25) is 0 Å². The van der Waals surface area contributed by atoms with Crippen LogP contribution >= 0.6 is 27.7 Å². The predicted molar refractivity (Wildman–Crippen MR) is 78.4 cm³/mol. The molecule has 18 heavy (non-hydrogen) atoms. The quantitative estimate of drug-likeness (QED) is 0.676. The van der Waals surface area contributed by atoms with Crippen LogP contribution in [0.5, 0.6) is 0 Å². The second-order valence-corrected chi connectivity index (χ2v) is 5.80. The lowest BCUT2D eigenvalue weighted by atomic mass is 10.3. The second-order valence-electron chi connectivity index (χ2n) is 3.87. The molecule has 0 spiro atoms. The van der Waals surface area contributed by atoms with Crippen molar-refractivity contribution < 1.29 is 0 Å². The molecule has 0 aliphatic rings. The number of aryl methyl sites for hydroxylation is 1. The van der Waals surface area contributed by atoms with Crippen LogP contribution in [-0.2, 0) is 12.3 Å². The van der Waals surface area contributed by atoms with Gasteiger partial charge in [0.15, 0.2) is 0 Å². The van der Waals surface area contributed by atoms with Gasteiger partial charge in [-0.25, -0.2) is 9.67 Å². The van der Waals surface area contributed by atoms with Crippen LogP contribution in [0.2, 0.25) is 0 Å². The first kappa shape index (κ1) is 13.4. The lowest BCUT2D eigenvalue weighted by molar-refractivity contribution is 0.581. The van der Waals surface area contributed by atoms with Gasteiger partial charge in [0, 0.05) is 21.6 Å². The standard InChI is InChI=1S/C12H15BrN4S/c1-2-5-17-12(15-8-16-17)7-18-11-6-9(13)3-4-10(11)14/h3-4,6,8H,2,5,7,14H2,1H3. The monoisotopic (exact) mass is 326 g/mol. The highest BCUT2D eigenvalue weighted by Crippen LogP contribution is 2.30. The van der Waals surface area contributed by atoms with Crippen molar-refractivity contribution in [3.63, 3.8) is 0 Å². The minimum Gasteiger partial charge on any atom is -0.398 e. The molecule has 0 saturated heterocycles. The lowest BCUT2D eigenvalue weighted by Gasteiger charge is -2.07. The average Bonchev–Trinajstić information content (AvgIpc) is 2.78. The first-order chi connectivity index (χ1) is 8.70. The third kappa shape index (κ3) is 3.26. The van der Waals surface area contributed by atoms with Crippen molar-refractivity contribution in [3.8, 4) is 0 Å². The van der Waals surface area contributed by atoms with E-state index >= 15 is 0 Å². The fourth-order valence-electron chi connectivity index (χ4n) is 1.57. The normalized spacial score (nSPS) is 10.8. The van der Waals surface area contributed by atoms with Gasteiger partial charge in [-0.2, -0.15) is 5.10 Å². The molecule has 2 aromatic rings. The largest absolute Gasteiger partial charge is 0.398 e. The summed E-state index contributed by atoms with van der Waals surface area (Å²) < 4.78 is 2.98. The van der Waals surface area contributed by atoms with Gasteiger partial charge in [0.05, 0.1) is 5.75 Å². The van der Waals surface area contributed by atoms with Gasteiger partial charge in [-0.05, 0) is 24.6 Å². The molecular weight excluding hydrogens is 312 g/mol. The van der Waals surface area contributed by atoms with Crippen LogP contribution in [0.15, 0.2) is 33.9 Å². The van der Waals surface area contributed by atoms with E-state index in [2.05, 4.69) is 32.9 Å². The number of halogens is 1. The highest BCUT2D eigenvalue weighted by molar-refractivity contribution is 9.10. The summed E-state index contributed by atoms with van der Waals surface area (Å²) in [6.07, 6.45) is 2.66. The van der Waals surface area contributed by atoms with E-state index in [4.69, 9.17) is 5.73 Å². The maximum Gasteiger partial charge on any atom is 0.138 e. The van der Waals surface area contributed by atoms with E-state index in [9.17, 15) is 0 Å². The molecule has 0 fully saturated rings. The van der Waals surface area contributed by atoms with E-state index in [1.807, 2.05) is 22.9 Å². The zero-order valence-corrected chi connectivity index (χ0v) is 12.5. The molecule has 0 unspecified atom stereocenters. The van der Waals surface area contributed by atoms with Gasteiger partial charge in [0.25, 0.3) is 0 Å². The molecule has 0 saturated carbocycles. The number of anilines is 1. The maximum atomic E-state index is 5.94. The smallest absolute Gasteiger partial charge is 0.138 e. The highest BCUT2D eigenvalue weighted by Gasteiger charge is 2.06. The molecule has 0 atom stereocenters. The van der Waals surface area contributed by atoms with E-state index in [1.165, 1.54) is 0 Å². The molecule has 1 heterocycles. The van der Waals surface area contributed by atoms with Gasteiger partial charge in [-0.15, -0.1) is 11.8 Å². The Hall–Kier alpha value is -1.01. The topological polar surface area (TPSA) is 56.7 Å². The van der Waals surface area contributed by atoms with E-state index < -0.39 is 0 Å². The Bertz CT molecular complexity index is 527. The predicted octanol–water partition coefficient (Wildman–Crippen LogP) is 3.33. The first-order valence-corrected chi connectivity index (χ1v) is 7.53. The fraction of sp³-hybridized carbons (Fsp3) is 0.333. The molecule has 96 valence electrons. The number of hydrogen-bond donors (Lipinski definition) is 1. The molecule has 0 radical (unpaired) electrons. The van der Waals surface area contributed by atoms with Crippen LogP contribution in [0.25, 0.3) is 0 Å². The third-order valence-corrected chi connectivity index (χ3v) is 4.02. The van der Waals surface area contributed by atoms with E-state index in [-0.39, 0.29) is 0 Å². The molecule has 1 aromatic carbocycles. The van der Waals surface area contributed by atoms with Gasteiger partial charge in [-0.1, -0.05) is 22.9 Å². The Morgan fingerprint density at radius 1 is 1.44 bits per heavy atom. The van der Waals surface area contributed by atoms with Gasteiger partial charge >= 0.3 is 0 Å². The van der Waals surface area contributed by atoms with Crippen LogP contribution in [0.4, 0.5) is 5.69 Å². The van der Waals surface area contributed by atoms with E-state index in [0.717, 1.165) is 39.6 Å². The SMILES string of the molecule is CCCn1ncnc1CSc1cc(Br)ccc1N. The van der Waals surface area contributed by atoms with Crippen molar-refractivity contribution in [1.82, 2.24) is 14.8 Å². The molecule has 0 amide bonds. The number of rotatable bonds is 5. The summed E-state index contributed by atoms with van der Waals surface area (Å²) in [5, 5.41) is 4.21. The summed E-state index contributed by atoms with van der Waals surface area (Å²) in [6, 6.07) is 5.88. The summed E-state index contributed by atoms with van der Waals surface area (Å²) in [6.45, 7) is 3.04. The lowest BCUT2D eigenvalue weighted by Crippen LogP contribution is -2.04. The van der Waals surface area contributed by atoms with Crippen molar-refractivity contribution in [3.05, 3.63) is 34.8 Å². The van der Waals surface area contributed by atoms with Gasteiger partial charge in [0.2, 0.25) is 0 Å². The molecule has 4 nitrogen and oxygen atoms in total. The second kappa shape index (κ2) is 6.24. The number of nitrogens with two attached hydrogens (primary N) is 1. The molecule has 2 N–H and O–H groups in total. The Morgan fingerprint density at radius 3 is 3.06 bits per heavy atom. The summed E-state index contributed by atoms with van der Waals surface area (Å²) in [4.78, 5) is 5.35. The molecule has 1 aromatic heterocycles. The summed E-state index contributed by atoms with van der Waals surface area (Å²) in [5.74, 6) is 1.77. The summed E-state index contributed by atoms with van der Waals surface area (Å²) in [7, 11) is 0. The fourth-order valence-corrected chi connectivity index (χ4v) is 3.04. The minimum atomic E-state index is 0.778. The van der Waals surface area contributed by atoms with Crippen LogP contribution in [-0.4, -0.2) is 14.8 Å².